The van der Waals surface area contributed by atoms with Crippen LogP contribution >= 0.6 is 13.5 Å². The molecule has 56 valence electrons. The van der Waals surface area contributed by atoms with E-state index in [2.05, 4.69) is 0 Å². The SMILES string of the molecule is CCC(C)OC(C)=O.S. The van der Waals surface area contributed by atoms with E-state index >= 15 is 0 Å². The van der Waals surface area contributed by atoms with Crippen molar-refractivity contribution in [2.24, 2.45) is 0 Å². The third-order valence-corrected chi connectivity index (χ3v) is 0.942. The minimum Gasteiger partial charge on any atom is -0.463 e. The van der Waals surface area contributed by atoms with E-state index in [-0.39, 0.29) is 25.6 Å². The number of hydrogen-bond donors (Lipinski definition) is 0. The molecule has 0 N–H and O–H groups in total. The third kappa shape index (κ3) is 7.82. The van der Waals surface area contributed by atoms with Gasteiger partial charge in [0, 0.05) is 6.92 Å². The van der Waals surface area contributed by atoms with Crippen molar-refractivity contribution in [3.8, 4) is 0 Å². The molecule has 2 nitrogen and oxygen atoms in total. The predicted octanol–water partition coefficient (Wildman–Crippen LogP) is 1.46. The fraction of sp³-hybridized carbons (Fsp3) is 0.833. The summed E-state index contributed by atoms with van der Waals surface area (Å²) in [7, 11) is 0. The van der Waals surface area contributed by atoms with E-state index in [0.717, 1.165) is 6.42 Å². The van der Waals surface area contributed by atoms with Crippen LogP contribution in [0.15, 0.2) is 0 Å². The van der Waals surface area contributed by atoms with Crippen LogP contribution in [0.1, 0.15) is 27.2 Å². The summed E-state index contributed by atoms with van der Waals surface area (Å²) in [5.41, 5.74) is 0. The molecule has 0 bridgehead atoms. The summed E-state index contributed by atoms with van der Waals surface area (Å²) in [5.74, 6) is -0.195. The molecule has 0 rings (SSSR count). The van der Waals surface area contributed by atoms with E-state index in [1.165, 1.54) is 6.92 Å². The number of ether oxygens (including phenoxy) is 1. The van der Waals surface area contributed by atoms with Crippen LogP contribution in [0.5, 0.6) is 0 Å². The van der Waals surface area contributed by atoms with Gasteiger partial charge in [0.05, 0.1) is 6.10 Å². The van der Waals surface area contributed by atoms with Crippen molar-refractivity contribution in [2.75, 3.05) is 0 Å². The lowest BCUT2D eigenvalue weighted by atomic mass is 10.3. The smallest absolute Gasteiger partial charge is 0.302 e. The molecule has 0 radical (unpaired) electrons. The lowest BCUT2D eigenvalue weighted by Gasteiger charge is -2.06. The number of carbonyl (C=O) groups is 1. The second kappa shape index (κ2) is 5.95. The molecule has 0 fully saturated rings. The average molecular weight is 150 g/mol. The van der Waals surface area contributed by atoms with E-state index < -0.39 is 0 Å². The predicted molar refractivity (Wildman–Crippen MR) is 41.9 cm³/mol. The van der Waals surface area contributed by atoms with Crippen LogP contribution in [-0.2, 0) is 9.53 Å². The number of carbonyl (C=O) groups excluding carboxylic acids is 1. The Kier molecular flexibility index (Phi) is 7.66. The van der Waals surface area contributed by atoms with Crippen molar-refractivity contribution in [3.63, 3.8) is 0 Å². The van der Waals surface area contributed by atoms with E-state index in [1.54, 1.807) is 0 Å². The highest BCUT2D eigenvalue weighted by Crippen LogP contribution is 1.94. The summed E-state index contributed by atoms with van der Waals surface area (Å²) in [5, 5.41) is 0. The molecule has 0 aliphatic carbocycles. The van der Waals surface area contributed by atoms with Gasteiger partial charge in [-0.15, -0.1) is 0 Å². The maximum Gasteiger partial charge on any atom is 0.302 e. The Labute approximate surface area is 63.0 Å². The molecule has 0 amide bonds. The molecule has 0 heterocycles. The zero-order valence-electron chi connectivity index (χ0n) is 6.10. The number of rotatable bonds is 2. The Hall–Kier alpha value is -0.180. The van der Waals surface area contributed by atoms with Gasteiger partial charge >= 0.3 is 5.97 Å². The topological polar surface area (TPSA) is 26.3 Å². The number of esters is 1. The first-order valence-electron chi connectivity index (χ1n) is 2.84. The molecule has 0 saturated heterocycles. The lowest BCUT2D eigenvalue weighted by molar-refractivity contribution is -0.145. The second-order valence-corrected chi connectivity index (χ2v) is 1.83. The van der Waals surface area contributed by atoms with Gasteiger partial charge in [-0.1, -0.05) is 6.92 Å². The van der Waals surface area contributed by atoms with Gasteiger partial charge in [-0.05, 0) is 13.3 Å². The first-order chi connectivity index (χ1) is 3.66. The Morgan fingerprint density at radius 2 is 2.11 bits per heavy atom. The van der Waals surface area contributed by atoms with Crippen LogP contribution in [-0.4, -0.2) is 12.1 Å². The first-order valence-corrected chi connectivity index (χ1v) is 2.84. The Morgan fingerprint density at radius 1 is 1.67 bits per heavy atom. The molecule has 0 aliphatic rings. The Bertz CT molecular complexity index is 83.1. The fourth-order valence-electron chi connectivity index (χ4n) is 0.367. The average Bonchev–Trinajstić information content (AvgIpc) is 1.65. The lowest BCUT2D eigenvalue weighted by Crippen LogP contribution is -2.09. The van der Waals surface area contributed by atoms with Crippen molar-refractivity contribution < 1.29 is 9.53 Å². The minimum absolute atomic E-state index is 0. The van der Waals surface area contributed by atoms with Gasteiger partial charge in [0.15, 0.2) is 0 Å². The fourth-order valence-corrected chi connectivity index (χ4v) is 0.367. The zero-order valence-corrected chi connectivity index (χ0v) is 7.10. The molecule has 9 heavy (non-hydrogen) atoms. The summed E-state index contributed by atoms with van der Waals surface area (Å²) in [6.45, 7) is 5.28. The summed E-state index contributed by atoms with van der Waals surface area (Å²) in [4.78, 5) is 10.2. The largest absolute Gasteiger partial charge is 0.463 e. The second-order valence-electron chi connectivity index (χ2n) is 1.83. The normalized spacial score (nSPS) is 11.4. The van der Waals surface area contributed by atoms with Crippen LogP contribution in [0.3, 0.4) is 0 Å². The summed E-state index contributed by atoms with van der Waals surface area (Å²) in [6, 6.07) is 0. The van der Waals surface area contributed by atoms with Crippen LogP contribution in [0.4, 0.5) is 0 Å². The van der Waals surface area contributed by atoms with Gasteiger partial charge in [-0.2, -0.15) is 13.5 Å². The van der Waals surface area contributed by atoms with Crippen LogP contribution < -0.4 is 0 Å². The minimum atomic E-state index is -0.195. The molecular weight excluding hydrogens is 136 g/mol. The summed E-state index contributed by atoms with van der Waals surface area (Å²) in [6.07, 6.45) is 0.965. The number of hydrogen-bond acceptors (Lipinski definition) is 2. The van der Waals surface area contributed by atoms with Gasteiger partial charge in [-0.25, -0.2) is 0 Å². The molecule has 3 heteroatoms. The maximum atomic E-state index is 10.2. The van der Waals surface area contributed by atoms with Gasteiger partial charge in [0.1, 0.15) is 0 Å². The molecule has 1 unspecified atom stereocenters. The van der Waals surface area contributed by atoms with Gasteiger partial charge < -0.3 is 4.74 Å². The summed E-state index contributed by atoms with van der Waals surface area (Å²) < 4.78 is 4.76. The van der Waals surface area contributed by atoms with Gasteiger partial charge in [0.25, 0.3) is 0 Å². The van der Waals surface area contributed by atoms with Gasteiger partial charge in [0.2, 0.25) is 0 Å². The van der Waals surface area contributed by atoms with E-state index in [0.29, 0.717) is 0 Å². The molecule has 0 aliphatic heterocycles. The highest BCUT2D eigenvalue weighted by Gasteiger charge is 1.99. The van der Waals surface area contributed by atoms with Crippen LogP contribution in [0, 0.1) is 0 Å². The van der Waals surface area contributed by atoms with Crippen molar-refractivity contribution in [1.82, 2.24) is 0 Å². The monoisotopic (exact) mass is 150 g/mol. The quantitative estimate of drug-likeness (QED) is 0.557. The maximum absolute atomic E-state index is 10.2. The third-order valence-electron chi connectivity index (χ3n) is 0.942. The molecule has 0 aromatic rings. The molecule has 0 aromatic carbocycles. The van der Waals surface area contributed by atoms with E-state index in [4.69, 9.17) is 4.74 Å². The highest BCUT2D eigenvalue weighted by atomic mass is 32.1. The van der Waals surface area contributed by atoms with E-state index in [1.807, 2.05) is 13.8 Å². The summed E-state index contributed by atoms with van der Waals surface area (Å²) >= 11 is 0. The molecule has 1 atom stereocenters. The standard InChI is InChI=1S/C6H12O2.H2S/c1-4-5(2)8-6(3)7;/h5H,4H2,1-3H3;1H2. The molecular formula is C6H14O2S. The van der Waals surface area contributed by atoms with Crippen LogP contribution in [0.2, 0.25) is 0 Å². The van der Waals surface area contributed by atoms with Gasteiger partial charge in [-0.3, -0.25) is 4.79 Å². The van der Waals surface area contributed by atoms with Crippen molar-refractivity contribution in [2.45, 2.75) is 33.3 Å². The van der Waals surface area contributed by atoms with Crippen molar-refractivity contribution in [3.05, 3.63) is 0 Å². The first kappa shape index (κ1) is 11.6. The molecule has 0 saturated carbocycles. The highest BCUT2D eigenvalue weighted by molar-refractivity contribution is 7.59. The van der Waals surface area contributed by atoms with E-state index in [9.17, 15) is 4.79 Å². The van der Waals surface area contributed by atoms with Crippen LogP contribution in [0.25, 0.3) is 0 Å². The Balaban J connectivity index is 0. The van der Waals surface area contributed by atoms with Crippen molar-refractivity contribution in [1.29, 1.82) is 0 Å². The van der Waals surface area contributed by atoms with Crippen molar-refractivity contribution >= 4 is 19.5 Å². The molecule has 0 spiro atoms. The Morgan fingerprint density at radius 3 is 2.22 bits per heavy atom. The zero-order chi connectivity index (χ0) is 6.57. The molecule has 0 aromatic heterocycles.